The lowest BCUT2D eigenvalue weighted by molar-refractivity contribution is -0.136. The topological polar surface area (TPSA) is 37.3 Å². The number of hydrogen-bond donors (Lipinski definition) is 1. The van der Waals surface area contributed by atoms with Crippen molar-refractivity contribution in [3.8, 4) is 0 Å². The molecule has 0 fully saturated rings. The molecule has 1 aliphatic carbocycles. The Morgan fingerprint density at radius 2 is 1.94 bits per heavy atom. The number of aryl methyl sites for hydroxylation is 3. The Bertz CT molecular complexity index is 415. The molecule has 0 spiro atoms. The lowest BCUT2D eigenvalue weighted by Gasteiger charge is -2.16. The van der Waals surface area contributed by atoms with E-state index in [2.05, 4.69) is 18.2 Å². The summed E-state index contributed by atoms with van der Waals surface area (Å²) in [7, 11) is 0. The van der Waals surface area contributed by atoms with E-state index in [1.165, 1.54) is 42.4 Å². The fourth-order valence-electron chi connectivity index (χ4n) is 2.39. The minimum Gasteiger partial charge on any atom is -0.481 e. The zero-order chi connectivity index (χ0) is 12.8. The molecule has 2 rings (SSSR count). The van der Waals surface area contributed by atoms with E-state index < -0.39 is 5.97 Å². The Hall–Kier alpha value is -0.960. The molecule has 1 aromatic carbocycles. The zero-order valence-corrected chi connectivity index (χ0v) is 11.5. The minimum absolute atomic E-state index is 0.273. The van der Waals surface area contributed by atoms with E-state index in [1.807, 2.05) is 0 Å². The monoisotopic (exact) mass is 264 g/mol. The van der Waals surface area contributed by atoms with Gasteiger partial charge in [-0.3, -0.25) is 4.79 Å². The number of aliphatic carboxylic acids is 1. The van der Waals surface area contributed by atoms with Crippen LogP contribution >= 0.6 is 11.8 Å². The lowest BCUT2D eigenvalue weighted by atomic mass is 9.90. The van der Waals surface area contributed by atoms with Crippen molar-refractivity contribution in [1.29, 1.82) is 0 Å². The van der Waals surface area contributed by atoms with Crippen LogP contribution in [0, 0.1) is 0 Å². The molecule has 0 heterocycles. The third-order valence-electron chi connectivity index (χ3n) is 3.41. The first-order chi connectivity index (χ1) is 8.75. The summed E-state index contributed by atoms with van der Waals surface area (Å²) in [5.74, 6) is 1.04. The summed E-state index contributed by atoms with van der Waals surface area (Å²) in [5, 5.41) is 8.55. The first-order valence-corrected chi connectivity index (χ1v) is 7.81. The third kappa shape index (κ3) is 4.05. The molecule has 1 aromatic rings. The van der Waals surface area contributed by atoms with E-state index in [9.17, 15) is 4.79 Å². The molecule has 98 valence electrons. The molecule has 0 saturated carbocycles. The van der Waals surface area contributed by atoms with Gasteiger partial charge in [0.2, 0.25) is 0 Å². The number of carboxylic acid groups (broad SMARTS) is 1. The van der Waals surface area contributed by atoms with Crippen molar-refractivity contribution in [3.05, 3.63) is 34.9 Å². The van der Waals surface area contributed by atoms with Crippen LogP contribution in [-0.4, -0.2) is 22.6 Å². The summed E-state index contributed by atoms with van der Waals surface area (Å²) in [6.07, 6.45) is 6.45. The van der Waals surface area contributed by atoms with Crippen LogP contribution in [0.5, 0.6) is 0 Å². The van der Waals surface area contributed by atoms with E-state index in [-0.39, 0.29) is 6.42 Å². The van der Waals surface area contributed by atoms with Crippen LogP contribution in [0.2, 0.25) is 0 Å². The SMILES string of the molecule is O=C(O)CCSCCc1ccc2c(c1)CCCC2. The maximum absolute atomic E-state index is 10.4. The van der Waals surface area contributed by atoms with Gasteiger partial charge < -0.3 is 5.11 Å². The van der Waals surface area contributed by atoms with Crippen molar-refractivity contribution >= 4 is 17.7 Å². The Morgan fingerprint density at radius 1 is 1.17 bits per heavy atom. The number of fused-ring (bicyclic) bond motifs is 1. The molecular formula is C15H20O2S. The summed E-state index contributed by atoms with van der Waals surface area (Å²) < 4.78 is 0. The van der Waals surface area contributed by atoms with Crippen LogP contribution in [-0.2, 0) is 24.1 Å². The van der Waals surface area contributed by atoms with Gasteiger partial charge in [-0.15, -0.1) is 0 Å². The van der Waals surface area contributed by atoms with Gasteiger partial charge in [0.15, 0.2) is 0 Å². The largest absolute Gasteiger partial charge is 0.481 e. The second kappa shape index (κ2) is 6.83. The van der Waals surface area contributed by atoms with Crippen LogP contribution in [0.3, 0.4) is 0 Å². The number of carbonyl (C=O) groups is 1. The van der Waals surface area contributed by atoms with Crippen molar-refractivity contribution in [2.75, 3.05) is 11.5 Å². The molecule has 3 heteroatoms. The normalized spacial score (nSPS) is 14.2. The molecule has 0 aliphatic heterocycles. The van der Waals surface area contributed by atoms with Crippen LogP contribution in [0.4, 0.5) is 0 Å². The second-order valence-electron chi connectivity index (χ2n) is 4.82. The summed E-state index contributed by atoms with van der Waals surface area (Å²) >= 11 is 1.73. The fraction of sp³-hybridized carbons (Fsp3) is 0.533. The Labute approximate surface area is 113 Å². The van der Waals surface area contributed by atoms with Gasteiger partial charge in [-0.2, -0.15) is 11.8 Å². The van der Waals surface area contributed by atoms with E-state index in [0.717, 1.165) is 17.9 Å². The van der Waals surface area contributed by atoms with Crippen molar-refractivity contribution in [2.45, 2.75) is 38.5 Å². The molecular weight excluding hydrogens is 244 g/mol. The van der Waals surface area contributed by atoms with Crippen LogP contribution in [0.15, 0.2) is 18.2 Å². The highest BCUT2D eigenvalue weighted by molar-refractivity contribution is 7.99. The maximum Gasteiger partial charge on any atom is 0.304 e. The fourth-order valence-corrected chi connectivity index (χ4v) is 3.30. The second-order valence-corrected chi connectivity index (χ2v) is 6.04. The van der Waals surface area contributed by atoms with Gasteiger partial charge >= 0.3 is 5.97 Å². The molecule has 0 aromatic heterocycles. The number of benzene rings is 1. The van der Waals surface area contributed by atoms with Crippen molar-refractivity contribution in [2.24, 2.45) is 0 Å². The average Bonchev–Trinajstić information content (AvgIpc) is 2.38. The van der Waals surface area contributed by atoms with Gasteiger partial charge in [0.25, 0.3) is 0 Å². The first kappa shape index (κ1) is 13.5. The van der Waals surface area contributed by atoms with Crippen LogP contribution in [0.1, 0.15) is 36.0 Å². The van der Waals surface area contributed by atoms with Gasteiger partial charge in [-0.1, -0.05) is 18.2 Å². The number of carboxylic acids is 1. The van der Waals surface area contributed by atoms with Crippen molar-refractivity contribution in [3.63, 3.8) is 0 Å². The Balaban J connectivity index is 1.77. The molecule has 0 atom stereocenters. The predicted molar refractivity (Wildman–Crippen MR) is 76.4 cm³/mol. The molecule has 1 N–H and O–H groups in total. The molecule has 0 saturated heterocycles. The Kier molecular flexibility index (Phi) is 5.12. The van der Waals surface area contributed by atoms with E-state index in [1.54, 1.807) is 11.8 Å². The quantitative estimate of drug-likeness (QED) is 0.801. The minimum atomic E-state index is -0.698. The zero-order valence-electron chi connectivity index (χ0n) is 10.7. The van der Waals surface area contributed by atoms with Crippen LogP contribution < -0.4 is 0 Å². The van der Waals surface area contributed by atoms with Gasteiger partial charge in [0, 0.05) is 5.75 Å². The van der Waals surface area contributed by atoms with Gasteiger partial charge in [0.05, 0.1) is 6.42 Å². The van der Waals surface area contributed by atoms with Crippen molar-refractivity contribution < 1.29 is 9.90 Å². The average molecular weight is 264 g/mol. The number of thioether (sulfide) groups is 1. The maximum atomic E-state index is 10.4. The standard InChI is InChI=1S/C15H20O2S/c16-15(17)8-10-18-9-7-12-5-6-13-3-1-2-4-14(13)11-12/h5-6,11H,1-4,7-10H2,(H,16,17). The van der Waals surface area contributed by atoms with Crippen molar-refractivity contribution in [1.82, 2.24) is 0 Å². The molecule has 0 amide bonds. The van der Waals surface area contributed by atoms with E-state index >= 15 is 0 Å². The summed E-state index contributed by atoms with van der Waals surface area (Å²) in [6.45, 7) is 0. The predicted octanol–water partition coefficient (Wildman–Crippen LogP) is 3.32. The molecule has 0 radical (unpaired) electrons. The highest BCUT2D eigenvalue weighted by Gasteiger charge is 2.09. The first-order valence-electron chi connectivity index (χ1n) is 6.66. The third-order valence-corrected chi connectivity index (χ3v) is 4.39. The molecule has 1 aliphatic rings. The molecule has 0 bridgehead atoms. The van der Waals surface area contributed by atoms with Gasteiger partial charge in [0.1, 0.15) is 0 Å². The lowest BCUT2D eigenvalue weighted by Crippen LogP contribution is -2.03. The van der Waals surface area contributed by atoms with Gasteiger partial charge in [-0.05, 0) is 54.5 Å². The highest BCUT2D eigenvalue weighted by atomic mass is 32.2. The van der Waals surface area contributed by atoms with Gasteiger partial charge in [-0.25, -0.2) is 0 Å². The molecule has 0 unspecified atom stereocenters. The highest BCUT2D eigenvalue weighted by Crippen LogP contribution is 2.22. The number of rotatable bonds is 6. The Morgan fingerprint density at radius 3 is 2.72 bits per heavy atom. The van der Waals surface area contributed by atoms with E-state index in [0.29, 0.717) is 0 Å². The smallest absolute Gasteiger partial charge is 0.304 e. The number of hydrogen-bond acceptors (Lipinski definition) is 2. The van der Waals surface area contributed by atoms with E-state index in [4.69, 9.17) is 5.11 Å². The van der Waals surface area contributed by atoms with Crippen LogP contribution in [0.25, 0.3) is 0 Å². The summed E-state index contributed by atoms with van der Waals surface area (Å²) in [5.41, 5.74) is 4.47. The summed E-state index contributed by atoms with van der Waals surface area (Å²) in [6, 6.07) is 6.87. The summed E-state index contributed by atoms with van der Waals surface area (Å²) in [4.78, 5) is 10.4. The molecule has 2 nitrogen and oxygen atoms in total. The molecule has 18 heavy (non-hydrogen) atoms.